The Morgan fingerprint density at radius 3 is 2.96 bits per heavy atom. The third kappa shape index (κ3) is 3.94. The van der Waals surface area contributed by atoms with Crippen LogP contribution >= 0.6 is 0 Å². The van der Waals surface area contributed by atoms with Crippen LogP contribution in [0.3, 0.4) is 0 Å². The van der Waals surface area contributed by atoms with Crippen molar-refractivity contribution < 1.29 is 9.53 Å². The molecule has 4 rings (SSSR count). The number of hydrogen-bond donors (Lipinski definition) is 1. The van der Waals surface area contributed by atoms with E-state index in [4.69, 9.17) is 9.72 Å². The highest BCUT2D eigenvalue weighted by Gasteiger charge is 2.25. The van der Waals surface area contributed by atoms with Crippen LogP contribution in [-0.4, -0.2) is 70.1 Å². The molecular weight excluding hydrogens is 330 g/mol. The van der Waals surface area contributed by atoms with Gasteiger partial charge in [-0.1, -0.05) is 6.07 Å². The maximum atomic E-state index is 12.7. The Kier molecular flexibility index (Phi) is 5.26. The number of carbonyl (C=O) groups is 1. The number of morpholine rings is 1. The van der Waals surface area contributed by atoms with Crippen molar-refractivity contribution >= 4 is 5.91 Å². The van der Waals surface area contributed by atoms with E-state index in [-0.39, 0.29) is 5.91 Å². The van der Waals surface area contributed by atoms with Gasteiger partial charge in [-0.2, -0.15) is 0 Å². The average molecular weight is 355 g/mol. The van der Waals surface area contributed by atoms with Gasteiger partial charge in [-0.3, -0.25) is 9.69 Å². The number of nitrogens with one attached hydrogen (secondary N) is 1. The molecule has 1 unspecified atom stereocenters. The molecular formula is C19H25N5O2. The van der Waals surface area contributed by atoms with E-state index >= 15 is 0 Å². The molecule has 2 aromatic rings. The molecule has 1 amide bonds. The molecule has 2 aliphatic heterocycles. The van der Waals surface area contributed by atoms with Gasteiger partial charge in [-0.25, -0.2) is 9.97 Å². The maximum absolute atomic E-state index is 12.7. The van der Waals surface area contributed by atoms with Crippen LogP contribution in [-0.2, 0) is 11.3 Å². The normalized spacial score (nSPS) is 21.7. The zero-order valence-electron chi connectivity index (χ0n) is 14.9. The first-order valence-corrected chi connectivity index (χ1v) is 9.33. The van der Waals surface area contributed by atoms with Crippen LogP contribution in [0, 0.1) is 0 Å². The lowest BCUT2D eigenvalue weighted by molar-refractivity contribution is 0.0298. The Morgan fingerprint density at radius 2 is 2.15 bits per heavy atom. The van der Waals surface area contributed by atoms with E-state index in [0.717, 1.165) is 43.9 Å². The molecule has 0 bridgehead atoms. The third-order valence-corrected chi connectivity index (χ3v) is 5.16. The minimum Gasteiger partial charge on any atom is -0.378 e. The van der Waals surface area contributed by atoms with Crippen LogP contribution in [0.15, 0.2) is 30.7 Å². The Labute approximate surface area is 153 Å². The van der Waals surface area contributed by atoms with Gasteiger partial charge in [0.05, 0.1) is 19.5 Å². The van der Waals surface area contributed by atoms with Crippen molar-refractivity contribution in [1.82, 2.24) is 24.8 Å². The third-order valence-electron chi connectivity index (χ3n) is 5.16. The fourth-order valence-electron chi connectivity index (χ4n) is 3.78. The molecule has 0 aromatic carbocycles. The lowest BCUT2D eigenvalue weighted by Gasteiger charge is -2.32. The highest BCUT2D eigenvalue weighted by atomic mass is 16.5. The van der Waals surface area contributed by atoms with E-state index in [0.29, 0.717) is 37.9 Å². The van der Waals surface area contributed by atoms with Crippen molar-refractivity contribution in [3.05, 3.63) is 47.8 Å². The molecule has 0 radical (unpaired) electrons. The molecule has 4 heterocycles. The van der Waals surface area contributed by atoms with Crippen LogP contribution in [0.1, 0.15) is 40.6 Å². The zero-order valence-corrected chi connectivity index (χ0v) is 14.9. The summed E-state index contributed by atoms with van der Waals surface area (Å²) in [6.45, 7) is 5.43. The molecule has 7 heteroatoms. The van der Waals surface area contributed by atoms with Crippen molar-refractivity contribution in [3.8, 4) is 0 Å². The molecule has 2 aliphatic rings. The molecule has 1 N–H and O–H groups in total. The van der Waals surface area contributed by atoms with Gasteiger partial charge >= 0.3 is 0 Å². The minimum atomic E-state index is 0.0141. The van der Waals surface area contributed by atoms with Gasteiger partial charge in [0.1, 0.15) is 5.69 Å². The first-order chi connectivity index (χ1) is 12.8. The molecule has 0 spiro atoms. The van der Waals surface area contributed by atoms with Crippen LogP contribution in [0.5, 0.6) is 0 Å². The van der Waals surface area contributed by atoms with E-state index in [1.807, 2.05) is 23.2 Å². The molecule has 7 nitrogen and oxygen atoms in total. The predicted molar refractivity (Wildman–Crippen MR) is 96.8 cm³/mol. The first-order valence-electron chi connectivity index (χ1n) is 9.33. The van der Waals surface area contributed by atoms with Gasteiger partial charge in [0, 0.05) is 49.7 Å². The fraction of sp³-hybridized carbons (Fsp3) is 0.526. The largest absolute Gasteiger partial charge is 0.378 e. The first kappa shape index (κ1) is 17.2. The number of ether oxygens (including phenoxy) is 1. The Hall–Kier alpha value is -2.25. The summed E-state index contributed by atoms with van der Waals surface area (Å²) in [5, 5.41) is 0. The summed E-state index contributed by atoms with van der Waals surface area (Å²) in [4.78, 5) is 29.0. The van der Waals surface area contributed by atoms with Crippen LogP contribution in [0.2, 0.25) is 0 Å². The van der Waals surface area contributed by atoms with Crippen molar-refractivity contribution in [2.24, 2.45) is 0 Å². The number of amides is 1. The summed E-state index contributed by atoms with van der Waals surface area (Å²) in [5.41, 5.74) is 2.71. The molecule has 2 fully saturated rings. The van der Waals surface area contributed by atoms with Crippen LogP contribution in [0.4, 0.5) is 0 Å². The minimum absolute atomic E-state index is 0.0141. The Bertz CT molecular complexity index is 727. The summed E-state index contributed by atoms with van der Waals surface area (Å²) in [6, 6.07) is 5.84. The number of carbonyl (C=O) groups excluding carboxylic acids is 1. The number of aromatic nitrogens is 3. The molecule has 26 heavy (non-hydrogen) atoms. The topological polar surface area (TPSA) is 74.4 Å². The molecule has 0 aliphatic carbocycles. The van der Waals surface area contributed by atoms with Gasteiger partial charge < -0.3 is 14.6 Å². The van der Waals surface area contributed by atoms with Crippen molar-refractivity contribution in [2.45, 2.75) is 25.3 Å². The second kappa shape index (κ2) is 7.97. The SMILES string of the molecule is O=C(c1cccc(C2CCCN(Cc3cnc[nH]3)C2)n1)N1CCOCC1. The maximum Gasteiger partial charge on any atom is 0.272 e. The summed E-state index contributed by atoms with van der Waals surface area (Å²) < 4.78 is 5.33. The van der Waals surface area contributed by atoms with E-state index in [9.17, 15) is 4.79 Å². The van der Waals surface area contributed by atoms with Crippen molar-refractivity contribution in [1.29, 1.82) is 0 Å². The summed E-state index contributed by atoms with van der Waals surface area (Å²) in [5.74, 6) is 0.379. The van der Waals surface area contributed by atoms with Crippen LogP contribution in [0.25, 0.3) is 0 Å². The second-order valence-corrected chi connectivity index (χ2v) is 7.00. The lowest BCUT2D eigenvalue weighted by Crippen LogP contribution is -2.41. The number of imidazole rings is 1. The Morgan fingerprint density at radius 1 is 1.27 bits per heavy atom. The summed E-state index contributed by atoms with van der Waals surface area (Å²) in [6.07, 6.45) is 5.85. The summed E-state index contributed by atoms with van der Waals surface area (Å²) in [7, 11) is 0. The molecule has 138 valence electrons. The van der Waals surface area contributed by atoms with Gasteiger partial charge in [0.2, 0.25) is 0 Å². The van der Waals surface area contributed by atoms with Crippen molar-refractivity contribution in [2.75, 3.05) is 39.4 Å². The smallest absolute Gasteiger partial charge is 0.272 e. The Balaban J connectivity index is 1.44. The highest BCUT2D eigenvalue weighted by molar-refractivity contribution is 5.92. The highest BCUT2D eigenvalue weighted by Crippen LogP contribution is 2.26. The number of H-pyrrole nitrogens is 1. The van der Waals surface area contributed by atoms with Gasteiger partial charge in [-0.05, 0) is 31.5 Å². The quantitative estimate of drug-likeness (QED) is 0.903. The number of pyridine rings is 1. The van der Waals surface area contributed by atoms with Gasteiger partial charge in [0.15, 0.2) is 0 Å². The number of aromatic amines is 1. The number of likely N-dealkylation sites (tertiary alicyclic amines) is 1. The zero-order chi connectivity index (χ0) is 17.8. The number of hydrogen-bond acceptors (Lipinski definition) is 5. The fourth-order valence-corrected chi connectivity index (χ4v) is 3.78. The number of nitrogens with zero attached hydrogens (tertiary/aromatic N) is 4. The average Bonchev–Trinajstić information content (AvgIpc) is 3.21. The molecule has 2 aromatic heterocycles. The van der Waals surface area contributed by atoms with Crippen LogP contribution < -0.4 is 0 Å². The van der Waals surface area contributed by atoms with E-state index in [1.54, 1.807) is 6.33 Å². The number of rotatable bonds is 4. The van der Waals surface area contributed by atoms with Crippen molar-refractivity contribution in [3.63, 3.8) is 0 Å². The molecule has 2 saturated heterocycles. The van der Waals surface area contributed by atoms with E-state index in [1.165, 1.54) is 0 Å². The standard InChI is InChI=1S/C19H25N5O2/c25-19(24-7-9-26-10-8-24)18-5-1-4-17(22-18)15-3-2-6-23(12-15)13-16-11-20-14-21-16/h1,4-5,11,14-15H,2-3,6-10,12-13H2,(H,20,21). The summed E-state index contributed by atoms with van der Waals surface area (Å²) >= 11 is 0. The monoisotopic (exact) mass is 355 g/mol. The predicted octanol–water partition coefficient (Wildman–Crippen LogP) is 1.66. The van der Waals surface area contributed by atoms with Gasteiger partial charge in [-0.15, -0.1) is 0 Å². The second-order valence-electron chi connectivity index (χ2n) is 7.00. The number of piperidine rings is 1. The van der Waals surface area contributed by atoms with Gasteiger partial charge in [0.25, 0.3) is 5.91 Å². The molecule has 1 atom stereocenters. The lowest BCUT2D eigenvalue weighted by atomic mass is 9.94. The van der Waals surface area contributed by atoms with E-state index < -0.39 is 0 Å². The molecule has 0 saturated carbocycles. The van der Waals surface area contributed by atoms with E-state index in [2.05, 4.69) is 20.9 Å².